The standard InChI is InChI=1S/C15H15N3O4S/c1-21-12-8-10(2-4-11(12)22-9-13(16)19)3-5-14(20)18-15-17-6-7-23-15/h2-8H,9H2,1H3,(H2,16,19)(H,17,18,20)/b5-3+. The third-order valence-corrected chi connectivity index (χ3v) is 3.34. The molecule has 1 aromatic carbocycles. The maximum atomic E-state index is 11.7. The minimum absolute atomic E-state index is 0.234. The molecule has 0 unspecified atom stereocenters. The number of benzene rings is 1. The Hall–Kier alpha value is -2.87. The lowest BCUT2D eigenvalue weighted by Gasteiger charge is -2.09. The van der Waals surface area contributed by atoms with Crippen molar-refractivity contribution in [2.24, 2.45) is 5.73 Å². The van der Waals surface area contributed by atoms with Crippen LogP contribution in [0.3, 0.4) is 0 Å². The maximum absolute atomic E-state index is 11.7. The van der Waals surface area contributed by atoms with Crippen LogP contribution in [0.5, 0.6) is 11.5 Å². The SMILES string of the molecule is COc1cc(/C=C/C(=O)Nc2nccs2)ccc1OCC(N)=O. The molecule has 3 N–H and O–H groups in total. The van der Waals surface area contributed by atoms with Crippen LogP contribution in [0.15, 0.2) is 35.9 Å². The summed E-state index contributed by atoms with van der Waals surface area (Å²) in [5.41, 5.74) is 5.77. The first-order chi connectivity index (χ1) is 11.1. The average Bonchev–Trinajstić information content (AvgIpc) is 3.04. The first-order valence-corrected chi connectivity index (χ1v) is 7.44. The lowest BCUT2D eigenvalue weighted by atomic mass is 10.2. The lowest BCUT2D eigenvalue weighted by Crippen LogP contribution is -2.20. The molecule has 0 bridgehead atoms. The number of hydrogen-bond donors (Lipinski definition) is 2. The second-order valence-electron chi connectivity index (χ2n) is 4.33. The number of primary amides is 1. The minimum Gasteiger partial charge on any atom is -0.493 e. The van der Waals surface area contributed by atoms with Gasteiger partial charge in [-0.25, -0.2) is 4.98 Å². The van der Waals surface area contributed by atoms with E-state index < -0.39 is 5.91 Å². The monoisotopic (exact) mass is 333 g/mol. The molecule has 7 nitrogen and oxygen atoms in total. The third kappa shape index (κ3) is 5.11. The van der Waals surface area contributed by atoms with E-state index in [1.165, 1.54) is 24.5 Å². The molecule has 2 aromatic rings. The number of amides is 2. The van der Waals surface area contributed by atoms with Crippen molar-refractivity contribution in [3.8, 4) is 11.5 Å². The Bertz CT molecular complexity index is 714. The first-order valence-electron chi connectivity index (χ1n) is 6.56. The number of nitrogens with two attached hydrogens (primary N) is 1. The van der Waals surface area contributed by atoms with Crippen molar-refractivity contribution in [3.05, 3.63) is 41.4 Å². The minimum atomic E-state index is -0.574. The number of nitrogens with zero attached hydrogens (tertiary/aromatic N) is 1. The molecule has 0 aliphatic rings. The number of hydrogen-bond acceptors (Lipinski definition) is 6. The van der Waals surface area contributed by atoms with E-state index in [1.807, 2.05) is 0 Å². The summed E-state index contributed by atoms with van der Waals surface area (Å²) in [4.78, 5) is 26.5. The fourth-order valence-corrected chi connectivity index (χ4v) is 2.19. The molecule has 2 amide bonds. The molecule has 1 heterocycles. The molecular formula is C15H15N3O4S. The molecule has 1 aromatic heterocycles. The summed E-state index contributed by atoms with van der Waals surface area (Å²) in [6.07, 6.45) is 4.63. The fourth-order valence-electron chi connectivity index (χ4n) is 1.66. The van der Waals surface area contributed by atoms with Gasteiger partial charge < -0.3 is 15.2 Å². The van der Waals surface area contributed by atoms with Gasteiger partial charge in [-0.05, 0) is 23.8 Å². The summed E-state index contributed by atoms with van der Waals surface area (Å²) >= 11 is 1.34. The van der Waals surface area contributed by atoms with Crippen molar-refractivity contribution in [3.63, 3.8) is 0 Å². The zero-order valence-corrected chi connectivity index (χ0v) is 13.1. The zero-order valence-electron chi connectivity index (χ0n) is 12.3. The van der Waals surface area contributed by atoms with Gasteiger partial charge >= 0.3 is 0 Å². The van der Waals surface area contributed by atoms with Gasteiger partial charge in [0.15, 0.2) is 23.2 Å². The molecule has 0 radical (unpaired) electrons. The molecule has 0 fully saturated rings. The number of thiazole rings is 1. The Morgan fingerprint density at radius 3 is 2.87 bits per heavy atom. The van der Waals surface area contributed by atoms with Crippen molar-refractivity contribution < 1.29 is 19.1 Å². The number of ether oxygens (including phenoxy) is 2. The van der Waals surface area contributed by atoms with Crippen LogP contribution in [0.1, 0.15) is 5.56 Å². The van der Waals surface area contributed by atoms with Crippen LogP contribution >= 0.6 is 11.3 Å². The number of aromatic nitrogens is 1. The van der Waals surface area contributed by atoms with Crippen LogP contribution in [0, 0.1) is 0 Å². The number of anilines is 1. The largest absolute Gasteiger partial charge is 0.493 e. The highest BCUT2D eigenvalue weighted by molar-refractivity contribution is 7.13. The predicted octanol–water partition coefficient (Wildman–Crippen LogP) is 1.67. The van der Waals surface area contributed by atoms with Crippen LogP contribution in [-0.2, 0) is 9.59 Å². The van der Waals surface area contributed by atoms with E-state index in [4.69, 9.17) is 15.2 Å². The van der Waals surface area contributed by atoms with E-state index in [9.17, 15) is 9.59 Å². The number of rotatable bonds is 7. The van der Waals surface area contributed by atoms with Gasteiger partial charge in [0.25, 0.3) is 5.91 Å². The molecular weight excluding hydrogens is 318 g/mol. The zero-order chi connectivity index (χ0) is 16.7. The molecule has 8 heteroatoms. The Labute approximate surface area is 136 Å². The molecule has 0 aliphatic heterocycles. The Morgan fingerprint density at radius 1 is 1.39 bits per heavy atom. The van der Waals surface area contributed by atoms with Gasteiger partial charge in [-0.2, -0.15) is 0 Å². The van der Waals surface area contributed by atoms with Gasteiger partial charge in [-0.15, -0.1) is 11.3 Å². The van der Waals surface area contributed by atoms with Gasteiger partial charge in [0.2, 0.25) is 5.91 Å². The highest BCUT2D eigenvalue weighted by Crippen LogP contribution is 2.28. The molecule has 0 aliphatic carbocycles. The van der Waals surface area contributed by atoms with E-state index in [2.05, 4.69) is 10.3 Å². The second-order valence-corrected chi connectivity index (χ2v) is 5.22. The predicted molar refractivity (Wildman–Crippen MR) is 87.5 cm³/mol. The molecule has 0 saturated carbocycles. The fraction of sp³-hybridized carbons (Fsp3) is 0.133. The van der Waals surface area contributed by atoms with Crippen molar-refractivity contribution in [1.29, 1.82) is 0 Å². The summed E-state index contributed by atoms with van der Waals surface area (Å²) in [6, 6.07) is 5.05. The number of methoxy groups -OCH3 is 1. The maximum Gasteiger partial charge on any atom is 0.255 e. The van der Waals surface area contributed by atoms with Crippen LogP contribution in [0.4, 0.5) is 5.13 Å². The third-order valence-electron chi connectivity index (χ3n) is 2.65. The van der Waals surface area contributed by atoms with Crippen molar-refractivity contribution in [1.82, 2.24) is 4.98 Å². The smallest absolute Gasteiger partial charge is 0.255 e. The lowest BCUT2D eigenvalue weighted by molar-refractivity contribution is -0.120. The van der Waals surface area contributed by atoms with Gasteiger partial charge in [0, 0.05) is 17.7 Å². The Balaban J connectivity index is 2.03. The van der Waals surface area contributed by atoms with E-state index in [0.717, 1.165) is 5.56 Å². The number of carbonyl (C=O) groups excluding carboxylic acids is 2. The highest BCUT2D eigenvalue weighted by Gasteiger charge is 2.06. The number of carbonyl (C=O) groups is 2. The topological polar surface area (TPSA) is 104 Å². The molecule has 120 valence electrons. The normalized spacial score (nSPS) is 10.5. The summed E-state index contributed by atoms with van der Waals surface area (Å²) in [7, 11) is 1.48. The van der Waals surface area contributed by atoms with Gasteiger partial charge in [0.05, 0.1) is 7.11 Å². The van der Waals surface area contributed by atoms with Crippen LogP contribution in [0.25, 0.3) is 6.08 Å². The summed E-state index contributed by atoms with van der Waals surface area (Å²) in [5, 5.41) is 4.95. The van der Waals surface area contributed by atoms with Crippen LogP contribution in [-0.4, -0.2) is 30.5 Å². The van der Waals surface area contributed by atoms with E-state index in [-0.39, 0.29) is 12.5 Å². The van der Waals surface area contributed by atoms with Crippen LogP contribution < -0.4 is 20.5 Å². The highest BCUT2D eigenvalue weighted by atomic mass is 32.1. The molecule has 0 saturated heterocycles. The summed E-state index contributed by atoms with van der Waals surface area (Å²) < 4.78 is 10.4. The van der Waals surface area contributed by atoms with E-state index in [1.54, 1.807) is 35.9 Å². The van der Waals surface area contributed by atoms with Gasteiger partial charge in [0.1, 0.15) is 0 Å². The molecule has 23 heavy (non-hydrogen) atoms. The summed E-state index contributed by atoms with van der Waals surface area (Å²) in [6.45, 7) is -0.234. The molecule has 2 rings (SSSR count). The van der Waals surface area contributed by atoms with Crippen molar-refractivity contribution in [2.75, 3.05) is 19.0 Å². The molecule has 0 atom stereocenters. The number of nitrogens with one attached hydrogen (secondary N) is 1. The average molecular weight is 333 g/mol. The van der Waals surface area contributed by atoms with Gasteiger partial charge in [-0.3, -0.25) is 14.9 Å². The van der Waals surface area contributed by atoms with E-state index in [0.29, 0.717) is 16.6 Å². The van der Waals surface area contributed by atoms with E-state index >= 15 is 0 Å². The first kappa shape index (κ1) is 16.5. The molecule has 0 spiro atoms. The van der Waals surface area contributed by atoms with Crippen molar-refractivity contribution in [2.45, 2.75) is 0 Å². The van der Waals surface area contributed by atoms with Gasteiger partial charge in [-0.1, -0.05) is 6.07 Å². The quantitative estimate of drug-likeness (QED) is 0.750. The summed E-state index contributed by atoms with van der Waals surface area (Å²) in [5.74, 6) is -0.0210. The van der Waals surface area contributed by atoms with Crippen molar-refractivity contribution >= 4 is 34.4 Å². The Morgan fingerprint density at radius 2 is 2.22 bits per heavy atom. The van der Waals surface area contributed by atoms with Crippen LogP contribution in [0.2, 0.25) is 0 Å². The second kappa shape index (κ2) is 7.95. The Kier molecular flexibility index (Phi) is 5.70.